The number of nitrogens with zero attached hydrogens (tertiary/aromatic N) is 4. The number of rotatable bonds is 5. The summed E-state index contributed by atoms with van der Waals surface area (Å²) in [7, 11) is 3.03. The maximum Gasteiger partial charge on any atom is 0.326 e. The molecule has 0 aliphatic carbocycles. The number of carbonyl (C=O) groups is 3. The Labute approximate surface area is 154 Å². The minimum absolute atomic E-state index is 0.0546. The fraction of sp³-hybridized carbons (Fsp3) is 0.526. The second kappa shape index (κ2) is 7.86. The summed E-state index contributed by atoms with van der Waals surface area (Å²) >= 11 is 0. The maximum atomic E-state index is 12.5. The van der Waals surface area contributed by atoms with Crippen molar-refractivity contribution in [2.24, 2.45) is 0 Å². The molecule has 0 radical (unpaired) electrons. The van der Waals surface area contributed by atoms with Crippen LogP contribution in [0.5, 0.6) is 0 Å². The van der Waals surface area contributed by atoms with Crippen molar-refractivity contribution in [2.75, 3.05) is 46.8 Å². The largest absolute Gasteiger partial charge is 0.340 e. The third-order valence-corrected chi connectivity index (χ3v) is 5.32. The lowest BCUT2D eigenvalue weighted by Crippen LogP contribution is -2.50. The topological polar surface area (TPSA) is 64.2 Å². The summed E-state index contributed by atoms with van der Waals surface area (Å²) in [4.78, 5) is 43.1. The Bertz CT molecular complexity index is 671. The molecular formula is C19H26N4O3. The van der Waals surface area contributed by atoms with Gasteiger partial charge in [-0.25, -0.2) is 4.79 Å². The van der Waals surface area contributed by atoms with Gasteiger partial charge in [-0.2, -0.15) is 0 Å². The van der Waals surface area contributed by atoms with Crippen molar-refractivity contribution in [1.82, 2.24) is 19.6 Å². The van der Waals surface area contributed by atoms with E-state index in [-0.39, 0.29) is 24.3 Å². The standard InChI is InChI=1S/C19H26N4O3/c1-20-16(18(25)21(2)19(20)26)14-17(24)23-12-10-22(11-13-23)9-8-15-6-4-3-5-7-15/h3-7,16H,8-14H2,1-2H3. The maximum absolute atomic E-state index is 12.5. The van der Waals surface area contributed by atoms with Crippen LogP contribution >= 0.6 is 0 Å². The number of imide groups is 1. The number of benzene rings is 1. The first kappa shape index (κ1) is 18.4. The SMILES string of the molecule is CN1C(=O)C(CC(=O)N2CCN(CCc3ccccc3)CC2)N(C)C1=O. The van der Waals surface area contributed by atoms with E-state index in [4.69, 9.17) is 0 Å². The van der Waals surface area contributed by atoms with Gasteiger partial charge in [0.25, 0.3) is 5.91 Å². The van der Waals surface area contributed by atoms with E-state index in [0.29, 0.717) is 13.1 Å². The average molecular weight is 358 g/mol. The molecule has 3 rings (SSSR count). The molecule has 140 valence electrons. The van der Waals surface area contributed by atoms with Crippen LogP contribution in [0.2, 0.25) is 0 Å². The van der Waals surface area contributed by atoms with Crippen molar-refractivity contribution in [3.8, 4) is 0 Å². The Morgan fingerprint density at radius 3 is 2.27 bits per heavy atom. The Morgan fingerprint density at radius 1 is 1.04 bits per heavy atom. The van der Waals surface area contributed by atoms with Crippen LogP contribution in [0.1, 0.15) is 12.0 Å². The van der Waals surface area contributed by atoms with E-state index in [1.807, 2.05) is 11.0 Å². The quantitative estimate of drug-likeness (QED) is 0.726. The zero-order valence-electron chi connectivity index (χ0n) is 15.4. The lowest BCUT2D eigenvalue weighted by molar-refractivity contribution is -0.137. The van der Waals surface area contributed by atoms with Gasteiger partial charge in [-0.1, -0.05) is 30.3 Å². The number of likely N-dealkylation sites (N-methyl/N-ethyl adjacent to an activating group) is 2. The summed E-state index contributed by atoms with van der Waals surface area (Å²) in [6, 6.07) is 9.37. The van der Waals surface area contributed by atoms with Crippen LogP contribution in [0.15, 0.2) is 30.3 Å². The Hall–Kier alpha value is -2.41. The number of amides is 4. The molecule has 1 atom stereocenters. The van der Waals surface area contributed by atoms with Crippen molar-refractivity contribution >= 4 is 17.8 Å². The third kappa shape index (κ3) is 3.88. The van der Waals surface area contributed by atoms with Gasteiger partial charge in [-0.3, -0.25) is 19.4 Å². The van der Waals surface area contributed by atoms with Crippen molar-refractivity contribution in [1.29, 1.82) is 0 Å². The fourth-order valence-corrected chi connectivity index (χ4v) is 3.52. The lowest BCUT2D eigenvalue weighted by atomic mass is 10.1. The highest BCUT2D eigenvalue weighted by Gasteiger charge is 2.42. The molecule has 2 aliphatic rings. The van der Waals surface area contributed by atoms with E-state index in [0.717, 1.165) is 31.0 Å². The second-order valence-corrected chi connectivity index (χ2v) is 6.97. The van der Waals surface area contributed by atoms with Gasteiger partial charge in [0, 0.05) is 46.8 Å². The highest BCUT2D eigenvalue weighted by atomic mass is 16.2. The smallest absolute Gasteiger partial charge is 0.326 e. The van der Waals surface area contributed by atoms with Gasteiger partial charge in [-0.05, 0) is 12.0 Å². The first-order valence-electron chi connectivity index (χ1n) is 9.06. The van der Waals surface area contributed by atoms with Crippen LogP contribution in [0.4, 0.5) is 4.79 Å². The first-order valence-corrected chi connectivity index (χ1v) is 9.06. The van der Waals surface area contributed by atoms with Crippen LogP contribution in [0.25, 0.3) is 0 Å². The molecule has 1 unspecified atom stereocenters. The number of piperazine rings is 1. The lowest BCUT2D eigenvalue weighted by Gasteiger charge is -2.35. The highest BCUT2D eigenvalue weighted by Crippen LogP contribution is 2.18. The highest BCUT2D eigenvalue weighted by molar-refractivity contribution is 6.05. The molecule has 2 heterocycles. The van der Waals surface area contributed by atoms with Crippen molar-refractivity contribution in [3.63, 3.8) is 0 Å². The van der Waals surface area contributed by atoms with Crippen LogP contribution < -0.4 is 0 Å². The van der Waals surface area contributed by atoms with Crippen molar-refractivity contribution in [2.45, 2.75) is 18.9 Å². The van der Waals surface area contributed by atoms with E-state index in [1.54, 1.807) is 7.05 Å². The molecule has 2 fully saturated rings. The first-order chi connectivity index (χ1) is 12.5. The zero-order valence-corrected chi connectivity index (χ0v) is 15.4. The van der Waals surface area contributed by atoms with E-state index >= 15 is 0 Å². The van der Waals surface area contributed by atoms with Crippen LogP contribution in [-0.2, 0) is 16.0 Å². The van der Waals surface area contributed by atoms with Gasteiger partial charge >= 0.3 is 6.03 Å². The molecule has 7 nitrogen and oxygen atoms in total. The molecule has 0 spiro atoms. The molecular weight excluding hydrogens is 332 g/mol. The zero-order chi connectivity index (χ0) is 18.7. The molecule has 26 heavy (non-hydrogen) atoms. The normalized spacial score (nSPS) is 21.6. The summed E-state index contributed by atoms with van der Waals surface area (Å²) in [5.41, 5.74) is 1.32. The van der Waals surface area contributed by atoms with E-state index in [9.17, 15) is 14.4 Å². The number of hydrogen-bond acceptors (Lipinski definition) is 4. The van der Waals surface area contributed by atoms with Gasteiger partial charge < -0.3 is 9.80 Å². The molecule has 0 bridgehead atoms. The number of carbonyl (C=O) groups excluding carboxylic acids is 3. The summed E-state index contributed by atoms with van der Waals surface area (Å²) in [5, 5.41) is 0. The molecule has 0 saturated carbocycles. The summed E-state index contributed by atoms with van der Waals surface area (Å²) in [6.45, 7) is 4.00. The molecule has 2 aliphatic heterocycles. The molecule has 7 heteroatoms. The third-order valence-electron chi connectivity index (χ3n) is 5.32. The average Bonchev–Trinajstić information content (AvgIpc) is 2.85. The van der Waals surface area contributed by atoms with E-state index < -0.39 is 6.04 Å². The minimum Gasteiger partial charge on any atom is -0.340 e. The summed E-state index contributed by atoms with van der Waals surface area (Å²) in [6.07, 6.45) is 1.07. The molecule has 0 N–H and O–H groups in total. The molecule has 4 amide bonds. The molecule has 2 saturated heterocycles. The predicted molar refractivity (Wildman–Crippen MR) is 97.5 cm³/mol. The molecule has 0 aromatic heterocycles. The van der Waals surface area contributed by atoms with Gasteiger partial charge in [0.15, 0.2) is 0 Å². The minimum atomic E-state index is -0.670. The Morgan fingerprint density at radius 2 is 1.69 bits per heavy atom. The van der Waals surface area contributed by atoms with Gasteiger partial charge in [0.05, 0.1) is 6.42 Å². The van der Waals surface area contributed by atoms with Crippen molar-refractivity contribution in [3.05, 3.63) is 35.9 Å². The van der Waals surface area contributed by atoms with Crippen molar-refractivity contribution < 1.29 is 14.4 Å². The van der Waals surface area contributed by atoms with Crippen LogP contribution in [0, 0.1) is 0 Å². The summed E-state index contributed by atoms with van der Waals surface area (Å²) in [5.74, 6) is -0.353. The number of urea groups is 1. The molecule has 1 aromatic carbocycles. The van der Waals surface area contributed by atoms with Crippen LogP contribution in [-0.4, -0.2) is 90.3 Å². The van der Waals surface area contributed by atoms with Crippen LogP contribution in [0.3, 0.4) is 0 Å². The fourth-order valence-electron chi connectivity index (χ4n) is 3.52. The second-order valence-electron chi connectivity index (χ2n) is 6.97. The van der Waals surface area contributed by atoms with E-state index in [2.05, 4.69) is 29.2 Å². The van der Waals surface area contributed by atoms with Gasteiger partial charge in [0.1, 0.15) is 6.04 Å². The van der Waals surface area contributed by atoms with Gasteiger partial charge in [0.2, 0.25) is 5.91 Å². The monoisotopic (exact) mass is 358 g/mol. The summed E-state index contributed by atoms with van der Waals surface area (Å²) < 4.78 is 0. The van der Waals surface area contributed by atoms with E-state index in [1.165, 1.54) is 17.5 Å². The Kier molecular flexibility index (Phi) is 5.56. The predicted octanol–water partition coefficient (Wildman–Crippen LogP) is 0.656. The Balaban J connectivity index is 1.45. The molecule has 1 aromatic rings. The number of hydrogen-bond donors (Lipinski definition) is 0. The van der Waals surface area contributed by atoms with Gasteiger partial charge in [-0.15, -0.1) is 0 Å².